The van der Waals surface area contributed by atoms with Crippen molar-refractivity contribution in [3.8, 4) is 22.9 Å². The second kappa shape index (κ2) is 10.3. The van der Waals surface area contributed by atoms with Crippen molar-refractivity contribution in [3.63, 3.8) is 0 Å². The van der Waals surface area contributed by atoms with Gasteiger partial charge in [0.05, 0.1) is 25.3 Å². The molecule has 4 heteroatoms. The third-order valence-electron chi connectivity index (χ3n) is 9.07. The van der Waals surface area contributed by atoms with Gasteiger partial charge in [-0.15, -0.1) is 0 Å². The number of methoxy groups -OCH3 is 2. The van der Waals surface area contributed by atoms with Crippen LogP contribution in [-0.2, 0) is 5.60 Å². The molecule has 6 aromatic carbocycles. The normalized spacial score (nSPS) is 13.6. The molecule has 0 unspecified atom stereocenters. The molecule has 220 valence electrons. The fraction of sp³-hybridized carbons (Fsp3) is 0.122. The first-order valence-corrected chi connectivity index (χ1v) is 15.2. The summed E-state index contributed by atoms with van der Waals surface area (Å²) in [5, 5.41) is 4.70. The summed E-state index contributed by atoms with van der Waals surface area (Å²) in [6.07, 6.45) is 4.47. The first kappa shape index (κ1) is 27.1. The summed E-state index contributed by atoms with van der Waals surface area (Å²) in [4.78, 5) is 0. The van der Waals surface area contributed by atoms with Crippen molar-refractivity contribution in [2.75, 3.05) is 14.2 Å². The zero-order valence-corrected chi connectivity index (χ0v) is 25.8. The second-order valence-electron chi connectivity index (χ2n) is 11.8. The van der Waals surface area contributed by atoms with Crippen LogP contribution in [0, 0.1) is 13.8 Å². The third kappa shape index (κ3) is 4.13. The average Bonchev–Trinajstić information content (AvgIpc) is 3.43. The van der Waals surface area contributed by atoms with E-state index in [0.717, 1.165) is 50.5 Å². The molecule has 7 aromatic rings. The predicted molar refractivity (Wildman–Crippen MR) is 184 cm³/mol. The van der Waals surface area contributed by atoms with E-state index >= 15 is 0 Å². The van der Waals surface area contributed by atoms with Gasteiger partial charge < -0.3 is 18.8 Å². The van der Waals surface area contributed by atoms with Crippen LogP contribution < -0.4 is 14.2 Å². The van der Waals surface area contributed by atoms with Crippen LogP contribution >= 0.6 is 0 Å². The molecule has 8 rings (SSSR count). The van der Waals surface area contributed by atoms with E-state index in [1.165, 1.54) is 32.8 Å². The molecule has 0 atom stereocenters. The number of nitrogens with zero attached hydrogens (tertiary/aromatic N) is 1. The third-order valence-corrected chi connectivity index (χ3v) is 9.07. The maximum Gasteiger partial charge on any atom is 0.178 e. The molecule has 0 saturated carbocycles. The van der Waals surface area contributed by atoms with Gasteiger partial charge in [0.15, 0.2) is 5.60 Å². The van der Waals surface area contributed by atoms with E-state index in [1.54, 1.807) is 14.2 Å². The van der Waals surface area contributed by atoms with Gasteiger partial charge in [-0.25, -0.2) is 0 Å². The molecule has 4 nitrogen and oxygen atoms in total. The summed E-state index contributed by atoms with van der Waals surface area (Å²) in [5.74, 6) is 2.46. The lowest BCUT2D eigenvalue weighted by atomic mass is 9.82. The van der Waals surface area contributed by atoms with Gasteiger partial charge in [-0.2, -0.15) is 0 Å². The molecule has 0 aliphatic carbocycles. The molecule has 1 aliphatic rings. The van der Waals surface area contributed by atoms with E-state index in [-0.39, 0.29) is 0 Å². The quantitative estimate of drug-likeness (QED) is 0.201. The topological polar surface area (TPSA) is 32.6 Å². The lowest BCUT2D eigenvalue weighted by Crippen LogP contribution is -2.34. The zero-order chi connectivity index (χ0) is 30.7. The second-order valence-corrected chi connectivity index (χ2v) is 11.8. The Hall–Kier alpha value is -5.48. The first-order chi connectivity index (χ1) is 22.0. The number of para-hydroxylation sites is 1. The van der Waals surface area contributed by atoms with Crippen molar-refractivity contribution in [1.29, 1.82) is 0 Å². The molecule has 0 radical (unpaired) electrons. The molecule has 0 saturated heterocycles. The van der Waals surface area contributed by atoms with Crippen LogP contribution in [0.4, 0.5) is 0 Å². The summed E-state index contributed by atoms with van der Waals surface area (Å²) >= 11 is 0. The number of fused-ring (bicyclic) bond motifs is 8. The largest absolute Gasteiger partial charge is 0.497 e. The Morgan fingerprint density at radius 1 is 0.622 bits per heavy atom. The first-order valence-electron chi connectivity index (χ1n) is 15.2. The molecule has 2 heterocycles. The number of benzene rings is 6. The van der Waals surface area contributed by atoms with Gasteiger partial charge in [-0.3, -0.25) is 0 Å². The summed E-state index contributed by atoms with van der Waals surface area (Å²) in [7, 11) is 3.38. The zero-order valence-electron chi connectivity index (χ0n) is 25.8. The van der Waals surface area contributed by atoms with Crippen LogP contribution in [0.15, 0.2) is 121 Å². The number of ether oxygens (including phenoxy) is 3. The van der Waals surface area contributed by atoms with Gasteiger partial charge in [0.2, 0.25) is 0 Å². The summed E-state index contributed by atoms with van der Waals surface area (Å²) < 4.78 is 20.8. The SMILES string of the molecule is COc1ccc(C2(c3ccc(OC)cc3)C=Cc3c(c4ccccc4c4c5ccccc5n(-c5cc(C)cc(C)c5)c34)O2)cc1. The van der Waals surface area contributed by atoms with Gasteiger partial charge in [0, 0.05) is 38.5 Å². The highest BCUT2D eigenvalue weighted by Gasteiger charge is 2.39. The van der Waals surface area contributed by atoms with Crippen molar-refractivity contribution in [2.45, 2.75) is 19.4 Å². The lowest BCUT2D eigenvalue weighted by Gasteiger charge is -2.37. The van der Waals surface area contributed by atoms with Crippen LogP contribution in [0.2, 0.25) is 0 Å². The van der Waals surface area contributed by atoms with Crippen molar-refractivity contribution >= 4 is 38.7 Å². The maximum absolute atomic E-state index is 7.41. The average molecular weight is 588 g/mol. The minimum atomic E-state index is -0.876. The molecular weight excluding hydrogens is 554 g/mol. The van der Waals surface area contributed by atoms with Gasteiger partial charge in [0.1, 0.15) is 17.2 Å². The highest BCUT2D eigenvalue weighted by atomic mass is 16.5. The molecule has 0 fully saturated rings. The number of hydrogen-bond donors (Lipinski definition) is 0. The Balaban J connectivity index is 1.49. The Kier molecular flexibility index (Phi) is 6.21. The monoisotopic (exact) mass is 587 g/mol. The molecule has 0 N–H and O–H groups in total. The van der Waals surface area contributed by atoms with Gasteiger partial charge in [-0.05, 0) is 85.0 Å². The van der Waals surface area contributed by atoms with Crippen LogP contribution in [0.1, 0.15) is 27.8 Å². The summed E-state index contributed by atoms with van der Waals surface area (Å²) in [6, 6.07) is 40.4. The Labute approximate surface area is 262 Å². The smallest absolute Gasteiger partial charge is 0.178 e. The highest BCUT2D eigenvalue weighted by Crippen LogP contribution is 2.51. The van der Waals surface area contributed by atoms with Gasteiger partial charge in [-0.1, -0.05) is 72.8 Å². The van der Waals surface area contributed by atoms with Gasteiger partial charge in [0.25, 0.3) is 0 Å². The van der Waals surface area contributed by atoms with Crippen molar-refractivity contribution < 1.29 is 14.2 Å². The maximum atomic E-state index is 7.41. The predicted octanol–water partition coefficient (Wildman–Crippen LogP) is 9.92. The minimum absolute atomic E-state index is 0.800. The van der Waals surface area contributed by atoms with E-state index in [9.17, 15) is 0 Å². The highest BCUT2D eigenvalue weighted by molar-refractivity contribution is 6.25. The van der Waals surface area contributed by atoms with Crippen molar-refractivity contribution in [1.82, 2.24) is 4.57 Å². The number of aryl methyl sites for hydroxylation is 2. The fourth-order valence-electron chi connectivity index (χ4n) is 7.08. The molecule has 1 aliphatic heterocycles. The van der Waals surface area contributed by atoms with E-state index < -0.39 is 5.60 Å². The van der Waals surface area contributed by atoms with Gasteiger partial charge >= 0.3 is 0 Å². The van der Waals surface area contributed by atoms with E-state index in [1.807, 2.05) is 24.3 Å². The fourth-order valence-corrected chi connectivity index (χ4v) is 7.08. The van der Waals surface area contributed by atoms with E-state index in [2.05, 4.69) is 122 Å². The standard InChI is InChI=1S/C41H33NO3/c1-26-23-27(2)25-30(24-26)42-37-12-8-7-11-35(37)38-33-9-5-6-10-34(33)40-36(39(38)42)21-22-41(45-40,28-13-17-31(43-3)18-14-28)29-15-19-32(44-4)20-16-29/h5-25H,1-4H3. The Bertz CT molecular complexity index is 2210. The van der Waals surface area contributed by atoms with Crippen LogP contribution in [0.25, 0.3) is 44.3 Å². The number of aromatic nitrogens is 1. The Morgan fingerprint density at radius 3 is 1.78 bits per heavy atom. The number of hydrogen-bond acceptors (Lipinski definition) is 3. The van der Waals surface area contributed by atoms with E-state index in [4.69, 9.17) is 14.2 Å². The van der Waals surface area contributed by atoms with Crippen LogP contribution in [0.5, 0.6) is 17.2 Å². The minimum Gasteiger partial charge on any atom is -0.497 e. The van der Waals surface area contributed by atoms with Crippen LogP contribution in [0.3, 0.4) is 0 Å². The summed E-state index contributed by atoms with van der Waals surface area (Å²) in [6.45, 7) is 4.33. The molecule has 45 heavy (non-hydrogen) atoms. The molecule has 1 aromatic heterocycles. The van der Waals surface area contributed by atoms with E-state index in [0.29, 0.717) is 0 Å². The Morgan fingerprint density at radius 2 is 1.18 bits per heavy atom. The van der Waals surface area contributed by atoms with Crippen molar-refractivity contribution in [3.05, 3.63) is 149 Å². The molecule has 0 spiro atoms. The molecular formula is C41H33NO3. The number of rotatable bonds is 5. The van der Waals surface area contributed by atoms with Crippen LogP contribution in [-0.4, -0.2) is 18.8 Å². The summed E-state index contributed by atoms with van der Waals surface area (Å²) in [5.41, 5.74) is 8.13. The molecule has 0 amide bonds. The molecule has 0 bridgehead atoms. The van der Waals surface area contributed by atoms with Crippen molar-refractivity contribution in [2.24, 2.45) is 0 Å². The lowest BCUT2D eigenvalue weighted by molar-refractivity contribution is 0.163.